The van der Waals surface area contributed by atoms with Gasteiger partial charge < -0.3 is 4.42 Å². The van der Waals surface area contributed by atoms with Crippen molar-refractivity contribution in [3.05, 3.63) is 84.7 Å². The number of hydrogen-bond acceptors (Lipinski definition) is 2. The molecular weight excluding hydrogens is 332 g/mol. The molecule has 0 bridgehead atoms. The summed E-state index contributed by atoms with van der Waals surface area (Å²) in [6, 6.07) is 23.1. The fraction of sp³-hybridized carbons (Fsp3) is 0.0833. The van der Waals surface area contributed by atoms with Gasteiger partial charge in [0, 0.05) is 23.0 Å². The van der Waals surface area contributed by atoms with Crippen molar-refractivity contribution in [2.24, 2.45) is 7.05 Å². The minimum absolute atomic E-state index is 0.680. The molecule has 0 saturated carbocycles. The molecule has 0 fully saturated rings. The van der Waals surface area contributed by atoms with E-state index in [0.717, 1.165) is 27.6 Å². The molecule has 0 saturated heterocycles. The van der Waals surface area contributed by atoms with Crippen LogP contribution in [0.2, 0.25) is 0 Å². The molecule has 0 unspecified atom stereocenters. The van der Waals surface area contributed by atoms with Crippen molar-refractivity contribution in [3.63, 3.8) is 0 Å². The van der Waals surface area contributed by atoms with E-state index in [9.17, 15) is 0 Å². The van der Waals surface area contributed by atoms with Crippen molar-refractivity contribution < 1.29 is 8.98 Å². The Morgan fingerprint density at radius 2 is 1.70 bits per heavy atom. The molecule has 0 N–H and O–H groups in total. The quantitative estimate of drug-likeness (QED) is 0.396. The highest BCUT2D eigenvalue weighted by Gasteiger charge is 2.24. The number of nitrogens with zero attached hydrogens (tertiary/aromatic N) is 2. The lowest BCUT2D eigenvalue weighted by Gasteiger charge is -2.10. The molecule has 3 heteroatoms. The van der Waals surface area contributed by atoms with Gasteiger partial charge in [-0.05, 0) is 36.2 Å². The average Bonchev–Trinajstić information content (AvgIpc) is 3.08. The van der Waals surface area contributed by atoms with Crippen LogP contribution in [0.1, 0.15) is 5.56 Å². The summed E-state index contributed by atoms with van der Waals surface area (Å²) in [5, 5.41) is 2.15. The van der Waals surface area contributed by atoms with Gasteiger partial charge >= 0.3 is 0 Å². The molecule has 0 aliphatic carbocycles. The molecule has 0 aliphatic heterocycles. The predicted molar refractivity (Wildman–Crippen MR) is 108 cm³/mol. The maximum atomic E-state index is 6.24. The van der Waals surface area contributed by atoms with Gasteiger partial charge in [-0.2, -0.15) is 0 Å². The van der Waals surface area contributed by atoms with Crippen molar-refractivity contribution in [2.75, 3.05) is 0 Å². The van der Waals surface area contributed by atoms with Gasteiger partial charge in [0.25, 0.3) is 0 Å². The monoisotopic (exact) mass is 351 g/mol. The first-order chi connectivity index (χ1) is 13.2. The highest BCUT2D eigenvalue weighted by atomic mass is 16.3. The van der Waals surface area contributed by atoms with E-state index in [1.54, 1.807) is 6.20 Å². The number of aryl methyl sites for hydroxylation is 2. The van der Waals surface area contributed by atoms with Crippen LogP contribution in [-0.2, 0) is 7.05 Å². The third-order valence-corrected chi connectivity index (χ3v) is 5.13. The van der Waals surface area contributed by atoms with Crippen molar-refractivity contribution >= 4 is 22.1 Å². The second-order valence-electron chi connectivity index (χ2n) is 6.84. The van der Waals surface area contributed by atoms with Crippen molar-refractivity contribution in [1.29, 1.82) is 0 Å². The predicted octanol–water partition coefficient (Wildman–Crippen LogP) is 5.45. The van der Waals surface area contributed by atoms with Crippen LogP contribution in [0.25, 0.3) is 44.5 Å². The van der Waals surface area contributed by atoms with Gasteiger partial charge in [0.05, 0.1) is 11.1 Å². The normalized spacial score (nSPS) is 11.3. The SMILES string of the molecule is Cc1ccc2c(oc3ncccc32)c1-c1c(-c2ccccc2)ccc[n+]1C. The first-order valence-corrected chi connectivity index (χ1v) is 9.05. The zero-order valence-corrected chi connectivity index (χ0v) is 15.3. The van der Waals surface area contributed by atoms with E-state index in [1.807, 2.05) is 12.1 Å². The fourth-order valence-electron chi connectivity index (χ4n) is 3.84. The number of furan rings is 1. The van der Waals surface area contributed by atoms with Gasteiger partial charge in [-0.25, -0.2) is 9.55 Å². The molecule has 3 aromatic heterocycles. The van der Waals surface area contributed by atoms with E-state index in [0.29, 0.717) is 5.71 Å². The standard InChI is InChI=1S/C24H19N2O/c1-16-12-13-19-20-10-6-14-25-24(20)27-23(19)21(16)22-18(11-7-15-26(22)2)17-8-4-3-5-9-17/h3-15H,1-2H3/q+1. The number of pyridine rings is 2. The molecule has 3 heterocycles. The molecule has 0 aliphatic rings. The number of hydrogen-bond donors (Lipinski definition) is 0. The average molecular weight is 351 g/mol. The maximum absolute atomic E-state index is 6.24. The Labute approximate surface area is 157 Å². The molecule has 27 heavy (non-hydrogen) atoms. The van der Waals surface area contributed by atoms with Crippen LogP contribution in [0, 0.1) is 6.92 Å². The van der Waals surface area contributed by atoms with Crippen LogP contribution in [-0.4, -0.2) is 4.98 Å². The van der Waals surface area contributed by atoms with Gasteiger partial charge in [-0.3, -0.25) is 0 Å². The van der Waals surface area contributed by atoms with E-state index in [1.165, 1.54) is 16.7 Å². The summed E-state index contributed by atoms with van der Waals surface area (Å²) in [5.74, 6) is 0. The largest absolute Gasteiger partial charge is 0.437 e. The third kappa shape index (κ3) is 2.43. The summed E-state index contributed by atoms with van der Waals surface area (Å²) in [7, 11) is 2.08. The lowest BCUT2D eigenvalue weighted by molar-refractivity contribution is -0.659. The summed E-state index contributed by atoms with van der Waals surface area (Å²) in [6.45, 7) is 2.14. The van der Waals surface area contributed by atoms with Crippen LogP contribution in [0.4, 0.5) is 0 Å². The second kappa shape index (κ2) is 6.06. The van der Waals surface area contributed by atoms with E-state index in [2.05, 4.69) is 84.3 Å². The second-order valence-corrected chi connectivity index (χ2v) is 6.84. The molecule has 130 valence electrons. The van der Waals surface area contributed by atoms with E-state index < -0.39 is 0 Å². The van der Waals surface area contributed by atoms with Crippen LogP contribution in [0.5, 0.6) is 0 Å². The van der Waals surface area contributed by atoms with E-state index in [-0.39, 0.29) is 0 Å². The highest BCUT2D eigenvalue weighted by Crippen LogP contribution is 2.39. The number of aromatic nitrogens is 2. The van der Waals surface area contributed by atoms with Crippen molar-refractivity contribution in [1.82, 2.24) is 4.98 Å². The molecule has 3 nitrogen and oxygen atoms in total. The van der Waals surface area contributed by atoms with E-state index in [4.69, 9.17) is 4.42 Å². The first-order valence-electron chi connectivity index (χ1n) is 9.05. The number of fused-ring (bicyclic) bond motifs is 3. The molecule has 5 aromatic rings. The highest BCUT2D eigenvalue weighted by molar-refractivity contribution is 6.09. The molecule has 0 radical (unpaired) electrons. The minimum Gasteiger partial charge on any atom is -0.437 e. The van der Waals surface area contributed by atoms with Crippen LogP contribution in [0.15, 0.2) is 83.5 Å². The lowest BCUT2D eigenvalue weighted by atomic mass is 9.94. The van der Waals surface area contributed by atoms with Gasteiger partial charge in [-0.15, -0.1) is 0 Å². The molecule has 0 amide bonds. The Morgan fingerprint density at radius 3 is 2.56 bits per heavy atom. The molecule has 0 spiro atoms. The molecule has 5 rings (SSSR count). The van der Waals surface area contributed by atoms with Crippen LogP contribution in [0.3, 0.4) is 0 Å². The molecule has 0 atom stereocenters. The summed E-state index contributed by atoms with van der Waals surface area (Å²) in [5.41, 5.74) is 7.39. The Morgan fingerprint density at radius 1 is 0.852 bits per heavy atom. The summed E-state index contributed by atoms with van der Waals surface area (Å²) < 4.78 is 8.41. The van der Waals surface area contributed by atoms with Crippen molar-refractivity contribution in [2.45, 2.75) is 6.92 Å². The Balaban J connectivity index is 1.91. The minimum atomic E-state index is 0.680. The summed E-state index contributed by atoms with van der Waals surface area (Å²) >= 11 is 0. The van der Waals surface area contributed by atoms with Crippen LogP contribution < -0.4 is 4.57 Å². The smallest absolute Gasteiger partial charge is 0.227 e. The Hall–Kier alpha value is -3.46. The zero-order chi connectivity index (χ0) is 18.4. The number of rotatable bonds is 2. The van der Waals surface area contributed by atoms with Gasteiger partial charge in [0.2, 0.25) is 11.4 Å². The van der Waals surface area contributed by atoms with E-state index >= 15 is 0 Å². The summed E-state index contributed by atoms with van der Waals surface area (Å²) in [6.07, 6.45) is 3.86. The van der Waals surface area contributed by atoms with Gasteiger partial charge in [0.1, 0.15) is 7.05 Å². The Bertz CT molecular complexity index is 1290. The molecular formula is C24H19N2O+. The van der Waals surface area contributed by atoms with Crippen molar-refractivity contribution in [3.8, 4) is 22.4 Å². The zero-order valence-electron chi connectivity index (χ0n) is 15.3. The first kappa shape index (κ1) is 15.8. The third-order valence-electron chi connectivity index (χ3n) is 5.13. The molecule has 2 aromatic carbocycles. The Kier molecular flexibility index (Phi) is 3.54. The maximum Gasteiger partial charge on any atom is 0.227 e. The van der Waals surface area contributed by atoms with Gasteiger partial charge in [-0.1, -0.05) is 42.5 Å². The lowest BCUT2D eigenvalue weighted by Crippen LogP contribution is -2.31. The number of benzene rings is 2. The van der Waals surface area contributed by atoms with Gasteiger partial charge in [0.15, 0.2) is 11.8 Å². The topological polar surface area (TPSA) is 29.9 Å². The van der Waals surface area contributed by atoms with Crippen LogP contribution >= 0.6 is 0 Å². The fourth-order valence-corrected chi connectivity index (χ4v) is 3.84. The summed E-state index contributed by atoms with van der Waals surface area (Å²) in [4.78, 5) is 4.41.